The van der Waals surface area contributed by atoms with E-state index in [0.29, 0.717) is 35.9 Å². The smallest absolute Gasteiger partial charge is 0.322 e. The molecular weight excluding hydrogens is 579 g/mol. The molecule has 1 aliphatic heterocycles. The van der Waals surface area contributed by atoms with Gasteiger partial charge in [-0.3, -0.25) is 23.3 Å². The van der Waals surface area contributed by atoms with Crippen molar-refractivity contribution < 1.29 is 18.0 Å². The molecule has 228 valence electrons. The predicted octanol–water partition coefficient (Wildman–Crippen LogP) is 3.99. The molecule has 14 heteroatoms. The lowest BCUT2D eigenvalue weighted by molar-refractivity contribution is 0.0904. The molecule has 0 spiro atoms. The zero-order chi connectivity index (χ0) is 31.3. The van der Waals surface area contributed by atoms with E-state index in [2.05, 4.69) is 10.3 Å². The van der Waals surface area contributed by atoms with E-state index in [1.54, 1.807) is 0 Å². The molecule has 1 unspecified atom stereocenters. The highest BCUT2D eigenvalue weighted by Gasteiger charge is 2.30. The van der Waals surface area contributed by atoms with Gasteiger partial charge >= 0.3 is 11.7 Å². The average molecular weight is 608 g/mol. The second kappa shape index (κ2) is 11.3. The summed E-state index contributed by atoms with van der Waals surface area (Å²) in [4.78, 5) is 58.7. The number of carbonyl (C=O) groups is 1. The van der Waals surface area contributed by atoms with Gasteiger partial charge in [0.05, 0.1) is 57.5 Å². The first kappa shape index (κ1) is 29.2. The Hall–Kier alpha value is -4.93. The Kier molecular flexibility index (Phi) is 7.48. The summed E-state index contributed by atoms with van der Waals surface area (Å²) in [7, 11) is 0. The molecule has 1 aliphatic carbocycles. The first-order chi connectivity index (χ1) is 21.1. The number of nitriles is 1. The molecule has 4 aromatic rings. The minimum Gasteiger partial charge on any atom is -0.322 e. The van der Waals surface area contributed by atoms with Gasteiger partial charge in [-0.05, 0) is 62.8 Å². The standard InChI is InChI=1S/C30H28F3N7O4/c1-16(26(32)33)40-25-11-22(31)24(10-21(25)28(42)38(30(40)44)13-17-4-5-17)36-29(43)37-8-2-3-19(14-37)39-15-35-23-9-18(12-34)6-7-20(23)27(39)41/h6-7,9-11,15-17,19,26H,2-5,8,13-14H2,1H3,(H,36,43)/t16?,19-/m1/s1. The van der Waals surface area contributed by atoms with E-state index >= 15 is 4.39 Å². The highest BCUT2D eigenvalue weighted by atomic mass is 19.3. The maximum absolute atomic E-state index is 15.4. The summed E-state index contributed by atoms with van der Waals surface area (Å²) in [5.41, 5.74) is -1.86. The van der Waals surface area contributed by atoms with Crippen molar-refractivity contribution in [1.29, 1.82) is 5.26 Å². The van der Waals surface area contributed by atoms with Crippen LogP contribution in [0.2, 0.25) is 0 Å². The van der Waals surface area contributed by atoms with Crippen molar-refractivity contribution in [2.45, 2.75) is 57.7 Å². The van der Waals surface area contributed by atoms with Crippen LogP contribution in [0.1, 0.15) is 50.3 Å². The maximum atomic E-state index is 15.4. The van der Waals surface area contributed by atoms with Crippen molar-refractivity contribution >= 4 is 33.5 Å². The zero-order valence-electron chi connectivity index (χ0n) is 23.7. The molecule has 2 fully saturated rings. The molecule has 2 amide bonds. The molecule has 1 saturated carbocycles. The van der Waals surface area contributed by atoms with Crippen LogP contribution in [0.4, 0.5) is 23.7 Å². The minimum atomic E-state index is -2.95. The Bertz CT molecular complexity index is 2030. The molecule has 1 N–H and O–H groups in total. The van der Waals surface area contributed by atoms with E-state index in [4.69, 9.17) is 5.26 Å². The maximum Gasteiger partial charge on any atom is 0.331 e. The quantitative estimate of drug-likeness (QED) is 0.352. The predicted molar refractivity (Wildman–Crippen MR) is 155 cm³/mol. The number of fused-ring (bicyclic) bond motifs is 2. The number of nitrogens with one attached hydrogen (secondary N) is 1. The summed E-state index contributed by atoms with van der Waals surface area (Å²) in [5, 5.41) is 11.8. The SMILES string of the molecule is CC(C(F)F)n1c(=O)n(CC2CC2)c(=O)c2cc(NC(=O)N3CCC[C@@H](n4cnc5cc(C#N)ccc5c4=O)C3)c(F)cc21. The molecule has 1 saturated heterocycles. The monoisotopic (exact) mass is 607 g/mol. The number of hydrogen-bond acceptors (Lipinski definition) is 6. The lowest BCUT2D eigenvalue weighted by Gasteiger charge is -2.33. The molecule has 0 bridgehead atoms. The van der Waals surface area contributed by atoms with E-state index in [1.165, 1.54) is 34.0 Å². The number of likely N-dealkylation sites (tertiary alicyclic amines) is 1. The molecule has 0 radical (unpaired) electrons. The molecule has 11 nitrogen and oxygen atoms in total. The van der Waals surface area contributed by atoms with Gasteiger partial charge in [0.1, 0.15) is 5.82 Å². The van der Waals surface area contributed by atoms with Gasteiger partial charge in [-0.1, -0.05) is 0 Å². The number of alkyl halides is 2. The Morgan fingerprint density at radius 1 is 1.11 bits per heavy atom. The molecule has 6 rings (SSSR count). The van der Waals surface area contributed by atoms with Crippen LogP contribution in [-0.4, -0.2) is 49.1 Å². The number of nitrogens with zero attached hydrogens (tertiary/aromatic N) is 6. The highest BCUT2D eigenvalue weighted by Crippen LogP contribution is 2.31. The van der Waals surface area contributed by atoms with Crippen molar-refractivity contribution in [2.24, 2.45) is 5.92 Å². The third-order valence-corrected chi connectivity index (χ3v) is 8.40. The number of benzene rings is 2. The Morgan fingerprint density at radius 3 is 2.59 bits per heavy atom. The average Bonchev–Trinajstić information content (AvgIpc) is 3.84. The summed E-state index contributed by atoms with van der Waals surface area (Å²) in [6.45, 7) is 1.63. The van der Waals surface area contributed by atoms with Crippen LogP contribution in [-0.2, 0) is 6.54 Å². The van der Waals surface area contributed by atoms with E-state index in [9.17, 15) is 28.0 Å². The lowest BCUT2D eigenvalue weighted by Crippen LogP contribution is -2.45. The van der Waals surface area contributed by atoms with Gasteiger partial charge in [0, 0.05) is 25.7 Å². The van der Waals surface area contributed by atoms with Crippen molar-refractivity contribution in [3.05, 3.63) is 79.2 Å². The van der Waals surface area contributed by atoms with Gasteiger partial charge in [-0.2, -0.15) is 5.26 Å². The number of rotatable bonds is 6. The van der Waals surface area contributed by atoms with Crippen LogP contribution < -0.4 is 22.1 Å². The fraction of sp³-hybridized carbons (Fsp3) is 0.400. The number of aromatic nitrogens is 4. The Morgan fingerprint density at radius 2 is 1.89 bits per heavy atom. The summed E-state index contributed by atoms with van der Waals surface area (Å²) in [6, 6.07) is 5.78. The number of halogens is 3. The molecule has 44 heavy (non-hydrogen) atoms. The molecule has 3 heterocycles. The van der Waals surface area contributed by atoms with Gasteiger partial charge in [0.2, 0.25) is 0 Å². The van der Waals surface area contributed by atoms with Gasteiger partial charge in [-0.15, -0.1) is 0 Å². The largest absolute Gasteiger partial charge is 0.331 e. The van der Waals surface area contributed by atoms with Crippen molar-refractivity contribution in [3.63, 3.8) is 0 Å². The molecular formula is C30H28F3N7O4. The highest BCUT2D eigenvalue weighted by molar-refractivity contribution is 5.93. The second-order valence-electron chi connectivity index (χ2n) is 11.4. The van der Waals surface area contributed by atoms with Gasteiger partial charge in [-0.25, -0.2) is 27.7 Å². The van der Waals surface area contributed by atoms with E-state index in [0.717, 1.165) is 41.0 Å². The van der Waals surface area contributed by atoms with Crippen LogP contribution in [0.15, 0.2) is 51.0 Å². The van der Waals surface area contributed by atoms with E-state index in [-0.39, 0.29) is 41.2 Å². The first-order valence-corrected chi connectivity index (χ1v) is 14.3. The Balaban J connectivity index is 1.30. The molecule has 2 aromatic carbocycles. The minimum absolute atomic E-state index is 0.0697. The van der Waals surface area contributed by atoms with Crippen LogP contribution in [0.3, 0.4) is 0 Å². The summed E-state index contributed by atoms with van der Waals surface area (Å²) >= 11 is 0. The summed E-state index contributed by atoms with van der Waals surface area (Å²) in [5.74, 6) is -0.916. The summed E-state index contributed by atoms with van der Waals surface area (Å²) < 4.78 is 45.9. The van der Waals surface area contributed by atoms with Crippen molar-refractivity contribution in [1.82, 2.24) is 23.6 Å². The number of urea groups is 1. The summed E-state index contributed by atoms with van der Waals surface area (Å²) in [6.07, 6.45) is 1.17. The van der Waals surface area contributed by atoms with Crippen molar-refractivity contribution in [2.75, 3.05) is 18.4 Å². The number of carbonyl (C=O) groups excluding carboxylic acids is 1. The van der Waals surface area contributed by atoms with Gasteiger partial charge in [0.25, 0.3) is 17.5 Å². The fourth-order valence-corrected chi connectivity index (χ4v) is 5.75. The topological polar surface area (TPSA) is 135 Å². The van der Waals surface area contributed by atoms with Crippen LogP contribution in [0, 0.1) is 23.1 Å². The molecule has 2 aromatic heterocycles. The van der Waals surface area contributed by atoms with Gasteiger partial charge in [0.15, 0.2) is 0 Å². The first-order valence-electron chi connectivity index (χ1n) is 14.3. The number of hydrogen-bond donors (Lipinski definition) is 1. The normalized spacial score (nSPS) is 17.6. The third-order valence-electron chi connectivity index (χ3n) is 8.40. The molecule has 2 aliphatic rings. The van der Waals surface area contributed by atoms with E-state index < -0.39 is 41.6 Å². The second-order valence-corrected chi connectivity index (χ2v) is 11.4. The zero-order valence-corrected chi connectivity index (χ0v) is 23.7. The fourth-order valence-electron chi connectivity index (χ4n) is 5.75. The lowest BCUT2D eigenvalue weighted by atomic mass is 10.1. The van der Waals surface area contributed by atoms with E-state index in [1.807, 2.05) is 6.07 Å². The van der Waals surface area contributed by atoms with Gasteiger partial charge < -0.3 is 10.2 Å². The van der Waals surface area contributed by atoms with Crippen molar-refractivity contribution in [3.8, 4) is 6.07 Å². The molecule has 2 atom stereocenters. The van der Waals surface area contributed by atoms with Crippen LogP contribution >= 0.6 is 0 Å². The third kappa shape index (κ3) is 5.23. The van der Waals surface area contributed by atoms with Crippen LogP contribution in [0.25, 0.3) is 21.8 Å². The Labute approximate surface area is 247 Å². The number of anilines is 1. The number of piperidine rings is 1. The number of amides is 2. The van der Waals surface area contributed by atoms with Crippen LogP contribution in [0.5, 0.6) is 0 Å².